The largest absolute Gasteiger partial charge is 0.478 e. The molecule has 2 rings (SSSR count). The van der Waals surface area contributed by atoms with Gasteiger partial charge in [0.1, 0.15) is 10.7 Å². The Bertz CT molecular complexity index is 595. The molecule has 2 aromatic rings. The molecule has 0 amide bonds. The maximum absolute atomic E-state index is 11.3. The molecule has 2 heterocycles. The Kier molecular flexibility index (Phi) is 3.80. The van der Waals surface area contributed by atoms with Crippen LogP contribution in [0.2, 0.25) is 5.15 Å². The molecule has 0 aliphatic heterocycles. The van der Waals surface area contributed by atoms with Crippen LogP contribution in [0.25, 0.3) is 5.82 Å². The van der Waals surface area contributed by atoms with Crippen molar-refractivity contribution < 1.29 is 9.90 Å². The molecular formula is C12H13ClN4O2. The maximum atomic E-state index is 11.3. The number of carboxylic acid groups (broad SMARTS) is 1. The van der Waals surface area contributed by atoms with Crippen molar-refractivity contribution >= 4 is 17.6 Å². The summed E-state index contributed by atoms with van der Waals surface area (Å²) in [6, 6.07) is 0. The van der Waals surface area contributed by atoms with E-state index in [1.807, 2.05) is 13.8 Å². The van der Waals surface area contributed by atoms with Crippen molar-refractivity contribution in [2.24, 2.45) is 5.92 Å². The van der Waals surface area contributed by atoms with Crippen LogP contribution in [0, 0.1) is 5.92 Å². The fourth-order valence-electron chi connectivity index (χ4n) is 1.73. The van der Waals surface area contributed by atoms with Gasteiger partial charge in [-0.05, 0) is 12.3 Å². The third-order valence-corrected chi connectivity index (χ3v) is 2.83. The minimum atomic E-state index is -1.09. The van der Waals surface area contributed by atoms with Crippen LogP contribution in [0.15, 0.2) is 18.6 Å². The normalized spacial score (nSPS) is 10.9. The zero-order valence-electron chi connectivity index (χ0n) is 10.5. The summed E-state index contributed by atoms with van der Waals surface area (Å²) in [4.78, 5) is 19.3. The van der Waals surface area contributed by atoms with E-state index >= 15 is 0 Å². The molecule has 7 heteroatoms. The summed E-state index contributed by atoms with van der Waals surface area (Å²) in [5, 5.41) is 13.5. The van der Waals surface area contributed by atoms with Gasteiger partial charge in [-0.15, -0.1) is 0 Å². The van der Waals surface area contributed by atoms with Crippen molar-refractivity contribution in [2.75, 3.05) is 0 Å². The van der Waals surface area contributed by atoms with Gasteiger partial charge in [0.2, 0.25) is 0 Å². The SMILES string of the molecule is CC(C)Cc1nn(-c2cnccn2)c(Cl)c1C(=O)O. The second-order valence-corrected chi connectivity index (χ2v) is 4.85. The van der Waals surface area contributed by atoms with Crippen molar-refractivity contribution in [3.63, 3.8) is 0 Å². The van der Waals surface area contributed by atoms with Gasteiger partial charge in [-0.25, -0.2) is 14.5 Å². The zero-order valence-corrected chi connectivity index (χ0v) is 11.3. The number of hydrogen-bond donors (Lipinski definition) is 1. The Hall–Kier alpha value is -1.95. The predicted octanol–water partition coefficient (Wildman–Crippen LogP) is 2.21. The predicted molar refractivity (Wildman–Crippen MR) is 69.7 cm³/mol. The highest BCUT2D eigenvalue weighted by Gasteiger charge is 2.23. The van der Waals surface area contributed by atoms with Gasteiger partial charge in [-0.3, -0.25) is 4.98 Å². The highest BCUT2D eigenvalue weighted by Crippen LogP contribution is 2.24. The van der Waals surface area contributed by atoms with Gasteiger partial charge in [0.25, 0.3) is 0 Å². The van der Waals surface area contributed by atoms with Crippen LogP contribution in [0.5, 0.6) is 0 Å². The molecular weight excluding hydrogens is 268 g/mol. The van der Waals surface area contributed by atoms with Gasteiger partial charge >= 0.3 is 5.97 Å². The second-order valence-electron chi connectivity index (χ2n) is 4.49. The highest BCUT2D eigenvalue weighted by atomic mass is 35.5. The van der Waals surface area contributed by atoms with Crippen LogP contribution in [0.3, 0.4) is 0 Å². The van der Waals surface area contributed by atoms with Gasteiger partial charge < -0.3 is 5.11 Å². The average Bonchev–Trinajstić information content (AvgIpc) is 2.66. The first-order valence-electron chi connectivity index (χ1n) is 5.77. The van der Waals surface area contributed by atoms with Crippen LogP contribution < -0.4 is 0 Å². The monoisotopic (exact) mass is 280 g/mol. The van der Waals surface area contributed by atoms with Crippen LogP contribution in [-0.2, 0) is 6.42 Å². The van der Waals surface area contributed by atoms with Crippen LogP contribution in [-0.4, -0.2) is 30.8 Å². The molecule has 0 aliphatic carbocycles. The molecule has 0 aromatic carbocycles. The Balaban J connectivity index is 2.55. The Labute approximate surface area is 115 Å². The summed E-state index contributed by atoms with van der Waals surface area (Å²) in [6.07, 6.45) is 5.03. The number of hydrogen-bond acceptors (Lipinski definition) is 4. The van der Waals surface area contributed by atoms with Gasteiger partial charge in [0.15, 0.2) is 5.82 Å². The fraction of sp³-hybridized carbons (Fsp3) is 0.333. The molecule has 0 radical (unpaired) electrons. The van der Waals surface area contributed by atoms with E-state index in [2.05, 4.69) is 15.1 Å². The lowest BCUT2D eigenvalue weighted by Gasteiger charge is -2.01. The number of carbonyl (C=O) groups is 1. The molecule has 0 atom stereocenters. The number of rotatable bonds is 4. The van der Waals surface area contributed by atoms with Crippen LogP contribution in [0.1, 0.15) is 29.9 Å². The van der Waals surface area contributed by atoms with E-state index in [0.717, 1.165) is 0 Å². The second kappa shape index (κ2) is 5.36. The third kappa shape index (κ3) is 2.73. The van der Waals surface area contributed by atoms with Crippen molar-refractivity contribution in [2.45, 2.75) is 20.3 Å². The van der Waals surface area contributed by atoms with Gasteiger partial charge in [-0.2, -0.15) is 5.10 Å². The number of carboxylic acids is 1. The minimum Gasteiger partial charge on any atom is -0.478 e. The van der Waals surface area contributed by atoms with Gasteiger partial charge in [-0.1, -0.05) is 25.4 Å². The van der Waals surface area contributed by atoms with E-state index in [4.69, 9.17) is 11.6 Å². The van der Waals surface area contributed by atoms with Crippen molar-refractivity contribution in [1.82, 2.24) is 19.7 Å². The van der Waals surface area contributed by atoms with E-state index in [1.54, 1.807) is 0 Å². The number of nitrogens with zero attached hydrogens (tertiary/aromatic N) is 4. The highest BCUT2D eigenvalue weighted by molar-refractivity contribution is 6.32. The topological polar surface area (TPSA) is 80.9 Å². The van der Waals surface area contributed by atoms with Crippen LogP contribution in [0.4, 0.5) is 0 Å². The molecule has 0 saturated heterocycles. The molecule has 0 fully saturated rings. The molecule has 19 heavy (non-hydrogen) atoms. The molecule has 0 bridgehead atoms. The molecule has 0 spiro atoms. The van der Waals surface area contributed by atoms with Gasteiger partial charge in [0.05, 0.1) is 11.9 Å². The summed E-state index contributed by atoms with van der Waals surface area (Å²) in [6.45, 7) is 3.97. The van der Waals surface area contributed by atoms with E-state index in [-0.39, 0.29) is 16.6 Å². The quantitative estimate of drug-likeness (QED) is 0.928. The first-order chi connectivity index (χ1) is 9.00. The lowest BCUT2D eigenvalue weighted by molar-refractivity contribution is 0.0695. The minimum absolute atomic E-state index is 0.0287. The van der Waals surface area contributed by atoms with Gasteiger partial charge in [0, 0.05) is 12.4 Å². The van der Waals surface area contributed by atoms with Crippen molar-refractivity contribution in [3.05, 3.63) is 35.0 Å². The molecule has 100 valence electrons. The number of halogens is 1. The summed E-state index contributed by atoms with van der Waals surface area (Å²) in [5.41, 5.74) is 0.485. The summed E-state index contributed by atoms with van der Waals surface area (Å²) in [7, 11) is 0. The molecule has 6 nitrogen and oxygen atoms in total. The first kappa shape index (κ1) is 13.5. The summed E-state index contributed by atoms with van der Waals surface area (Å²) in [5.74, 6) is -0.417. The molecule has 0 unspecified atom stereocenters. The van der Waals surface area contributed by atoms with E-state index < -0.39 is 5.97 Å². The molecule has 0 aliphatic rings. The lowest BCUT2D eigenvalue weighted by Crippen LogP contribution is -2.03. The number of aromatic nitrogens is 4. The molecule has 0 saturated carbocycles. The average molecular weight is 281 g/mol. The third-order valence-electron chi connectivity index (χ3n) is 2.48. The van der Waals surface area contributed by atoms with E-state index in [0.29, 0.717) is 17.9 Å². The Morgan fingerprint density at radius 3 is 2.74 bits per heavy atom. The molecule has 1 N–H and O–H groups in total. The lowest BCUT2D eigenvalue weighted by atomic mass is 10.1. The van der Waals surface area contributed by atoms with E-state index in [9.17, 15) is 9.90 Å². The Morgan fingerprint density at radius 2 is 2.21 bits per heavy atom. The van der Waals surface area contributed by atoms with Crippen molar-refractivity contribution in [3.8, 4) is 5.82 Å². The van der Waals surface area contributed by atoms with Crippen molar-refractivity contribution in [1.29, 1.82) is 0 Å². The standard InChI is InChI=1S/C12H13ClN4O2/c1-7(2)5-8-10(12(18)19)11(13)17(16-8)9-6-14-3-4-15-9/h3-4,6-7H,5H2,1-2H3,(H,18,19). The van der Waals surface area contributed by atoms with E-state index in [1.165, 1.54) is 23.3 Å². The molecule has 2 aromatic heterocycles. The zero-order chi connectivity index (χ0) is 14.0. The summed E-state index contributed by atoms with van der Waals surface area (Å²) < 4.78 is 1.30. The first-order valence-corrected chi connectivity index (χ1v) is 6.15. The number of aromatic carboxylic acids is 1. The summed E-state index contributed by atoms with van der Waals surface area (Å²) >= 11 is 6.09. The Morgan fingerprint density at radius 1 is 1.47 bits per heavy atom. The fourth-order valence-corrected chi connectivity index (χ4v) is 2.05. The van der Waals surface area contributed by atoms with Crippen LogP contribution >= 0.6 is 11.6 Å². The maximum Gasteiger partial charge on any atom is 0.340 e. The smallest absolute Gasteiger partial charge is 0.340 e.